The van der Waals surface area contributed by atoms with Crippen LogP contribution < -0.4 is 5.73 Å². The normalized spacial score (nSPS) is 17.3. The predicted molar refractivity (Wildman–Crippen MR) is 54.6 cm³/mol. The molecule has 1 rings (SSSR count). The molecule has 7 heteroatoms. The summed E-state index contributed by atoms with van der Waals surface area (Å²) in [6.45, 7) is 1.03. The van der Waals surface area contributed by atoms with Crippen molar-refractivity contribution >= 4 is 0 Å². The van der Waals surface area contributed by atoms with Gasteiger partial charge in [0.1, 0.15) is 11.6 Å². The van der Waals surface area contributed by atoms with Crippen molar-refractivity contribution in [3.05, 3.63) is 35.4 Å². The van der Waals surface area contributed by atoms with Gasteiger partial charge in [-0.05, 0) is 19.1 Å². The molecule has 0 saturated carbocycles. The minimum absolute atomic E-state index is 0.673. The highest BCUT2D eigenvalue weighted by molar-refractivity contribution is 5.27. The zero-order valence-electron chi connectivity index (χ0n) is 9.43. The highest BCUT2D eigenvalue weighted by Gasteiger charge is 2.43. The lowest BCUT2D eigenvalue weighted by Crippen LogP contribution is -2.43. The van der Waals surface area contributed by atoms with E-state index in [1.54, 1.807) is 0 Å². The minimum Gasteiger partial charge on any atom is -0.384 e. The van der Waals surface area contributed by atoms with Crippen molar-refractivity contribution in [1.82, 2.24) is 0 Å². The van der Waals surface area contributed by atoms with Crippen LogP contribution in [0.15, 0.2) is 18.2 Å². The SMILES string of the molecule is C[C@](N)(CC(O)C(F)(F)F)c1c(F)cccc1F. The predicted octanol–water partition coefficient (Wildman–Crippen LogP) is 2.45. The molecule has 0 fully saturated rings. The monoisotopic (exact) mass is 269 g/mol. The van der Waals surface area contributed by atoms with Gasteiger partial charge in [0.05, 0.1) is 0 Å². The Morgan fingerprint density at radius 1 is 1.22 bits per heavy atom. The van der Waals surface area contributed by atoms with E-state index >= 15 is 0 Å². The minimum atomic E-state index is -4.89. The molecule has 2 nitrogen and oxygen atoms in total. The Bertz CT molecular complexity index is 410. The lowest BCUT2D eigenvalue weighted by molar-refractivity contribution is -0.209. The second kappa shape index (κ2) is 4.81. The largest absolute Gasteiger partial charge is 0.414 e. The number of hydrogen-bond acceptors (Lipinski definition) is 2. The molecule has 0 aliphatic rings. The summed E-state index contributed by atoms with van der Waals surface area (Å²) in [7, 11) is 0. The average Bonchev–Trinajstić information content (AvgIpc) is 2.14. The van der Waals surface area contributed by atoms with Gasteiger partial charge >= 0.3 is 6.18 Å². The van der Waals surface area contributed by atoms with Crippen LogP contribution >= 0.6 is 0 Å². The summed E-state index contributed by atoms with van der Waals surface area (Å²) < 4.78 is 63.4. The summed E-state index contributed by atoms with van der Waals surface area (Å²) in [6, 6.07) is 2.86. The molecule has 0 bridgehead atoms. The molecule has 2 atom stereocenters. The quantitative estimate of drug-likeness (QED) is 0.828. The second-order valence-electron chi connectivity index (χ2n) is 4.28. The van der Waals surface area contributed by atoms with Crippen molar-refractivity contribution in [2.24, 2.45) is 5.73 Å². The number of benzene rings is 1. The number of alkyl halides is 3. The van der Waals surface area contributed by atoms with Crippen molar-refractivity contribution in [3.8, 4) is 0 Å². The van der Waals surface area contributed by atoms with E-state index in [4.69, 9.17) is 10.8 Å². The van der Waals surface area contributed by atoms with E-state index in [1.165, 1.54) is 0 Å². The standard InChI is InChI=1S/C11H12F5NO/c1-10(17,5-8(18)11(14,15)16)9-6(12)3-2-4-7(9)13/h2-4,8,18H,5,17H2,1H3/t8?,10-/m0/s1. The first-order valence-electron chi connectivity index (χ1n) is 5.04. The molecule has 0 aromatic heterocycles. The summed E-state index contributed by atoms with van der Waals surface area (Å²) in [6.07, 6.45) is -8.66. The van der Waals surface area contributed by atoms with Gasteiger partial charge < -0.3 is 10.8 Å². The fourth-order valence-corrected chi connectivity index (χ4v) is 1.66. The van der Waals surface area contributed by atoms with Gasteiger partial charge in [-0.3, -0.25) is 0 Å². The van der Waals surface area contributed by atoms with Crippen LogP contribution in [0.2, 0.25) is 0 Å². The van der Waals surface area contributed by atoms with Crippen LogP contribution in [-0.4, -0.2) is 17.4 Å². The molecule has 1 aromatic carbocycles. The van der Waals surface area contributed by atoms with Crippen LogP contribution in [0, 0.1) is 11.6 Å². The third-order valence-corrected chi connectivity index (χ3v) is 2.53. The van der Waals surface area contributed by atoms with Gasteiger partial charge in [0, 0.05) is 17.5 Å². The number of rotatable bonds is 3. The van der Waals surface area contributed by atoms with Gasteiger partial charge in [-0.2, -0.15) is 13.2 Å². The number of aliphatic hydroxyl groups excluding tert-OH is 1. The zero-order valence-corrected chi connectivity index (χ0v) is 9.43. The maximum Gasteiger partial charge on any atom is 0.414 e. The number of hydrogen-bond donors (Lipinski definition) is 2. The Morgan fingerprint density at radius 2 is 1.67 bits per heavy atom. The van der Waals surface area contributed by atoms with Gasteiger partial charge in [-0.15, -0.1) is 0 Å². The molecule has 18 heavy (non-hydrogen) atoms. The molecule has 0 radical (unpaired) electrons. The first-order chi connectivity index (χ1) is 8.05. The van der Waals surface area contributed by atoms with Crippen LogP contribution in [0.3, 0.4) is 0 Å². The molecule has 0 saturated heterocycles. The molecule has 102 valence electrons. The van der Waals surface area contributed by atoms with Gasteiger partial charge in [0.15, 0.2) is 6.10 Å². The highest BCUT2D eigenvalue weighted by atomic mass is 19.4. The molecule has 0 aliphatic carbocycles. The first-order valence-corrected chi connectivity index (χ1v) is 5.04. The fraction of sp³-hybridized carbons (Fsp3) is 0.455. The fourth-order valence-electron chi connectivity index (χ4n) is 1.66. The van der Waals surface area contributed by atoms with E-state index in [-0.39, 0.29) is 0 Å². The number of nitrogens with two attached hydrogens (primary N) is 1. The smallest absolute Gasteiger partial charge is 0.384 e. The van der Waals surface area contributed by atoms with E-state index < -0.39 is 41.4 Å². The summed E-state index contributed by atoms with van der Waals surface area (Å²) in [5, 5.41) is 8.91. The van der Waals surface area contributed by atoms with E-state index in [2.05, 4.69) is 0 Å². The Hall–Kier alpha value is -1.21. The topological polar surface area (TPSA) is 46.2 Å². The molecule has 3 N–H and O–H groups in total. The van der Waals surface area contributed by atoms with Gasteiger partial charge in [0.25, 0.3) is 0 Å². The Balaban J connectivity index is 3.07. The molecule has 0 aliphatic heterocycles. The first kappa shape index (κ1) is 14.8. The molecular weight excluding hydrogens is 257 g/mol. The van der Waals surface area contributed by atoms with Crippen molar-refractivity contribution in [2.45, 2.75) is 31.2 Å². The summed E-state index contributed by atoms with van der Waals surface area (Å²) in [4.78, 5) is 0. The van der Waals surface area contributed by atoms with Crippen LogP contribution in [-0.2, 0) is 5.54 Å². The summed E-state index contributed by atoms with van der Waals surface area (Å²) >= 11 is 0. The number of aliphatic hydroxyl groups is 1. The van der Waals surface area contributed by atoms with Gasteiger partial charge in [-0.25, -0.2) is 8.78 Å². The van der Waals surface area contributed by atoms with Crippen LogP contribution in [0.1, 0.15) is 18.9 Å². The number of halogens is 5. The molecule has 1 unspecified atom stereocenters. The average molecular weight is 269 g/mol. The molecule has 0 spiro atoms. The lowest BCUT2D eigenvalue weighted by Gasteiger charge is -2.29. The maximum atomic E-state index is 13.4. The van der Waals surface area contributed by atoms with Gasteiger partial charge in [0.2, 0.25) is 0 Å². The molecule has 1 aromatic rings. The van der Waals surface area contributed by atoms with Crippen LogP contribution in [0.4, 0.5) is 22.0 Å². The third kappa shape index (κ3) is 3.17. The lowest BCUT2D eigenvalue weighted by atomic mass is 9.86. The molecule has 0 amide bonds. The molecular formula is C11H12F5NO. The van der Waals surface area contributed by atoms with Crippen LogP contribution in [0.25, 0.3) is 0 Å². The Labute approximate surface area is 100 Å². The van der Waals surface area contributed by atoms with Crippen molar-refractivity contribution in [2.75, 3.05) is 0 Å². The van der Waals surface area contributed by atoms with Crippen molar-refractivity contribution < 1.29 is 27.1 Å². The van der Waals surface area contributed by atoms with E-state index in [0.29, 0.717) is 0 Å². The maximum absolute atomic E-state index is 13.4. The van der Waals surface area contributed by atoms with E-state index in [0.717, 1.165) is 25.1 Å². The van der Waals surface area contributed by atoms with Crippen molar-refractivity contribution in [1.29, 1.82) is 0 Å². The Morgan fingerprint density at radius 3 is 2.06 bits per heavy atom. The Kier molecular flexibility index (Phi) is 3.97. The molecule has 0 heterocycles. The van der Waals surface area contributed by atoms with Crippen LogP contribution in [0.5, 0.6) is 0 Å². The second-order valence-corrected chi connectivity index (χ2v) is 4.28. The zero-order chi connectivity index (χ0) is 14.1. The van der Waals surface area contributed by atoms with E-state index in [1.807, 2.05) is 0 Å². The van der Waals surface area contributed by atoms with E-state index in [9.17, 15) is 22.0 Å². The summed E-state index contributed by atoms with van der Waals surface area (Å²) in [5.74, 6) is -2.09. The third-order valence-electron chi connectivity index (χ3n) is 2.53. The summed E-state index contributed by atoms with van der Waals surface area (Å²) in [5.41, 5.74) is 2.86. The highest BCUT2D eigenvalue weighted by Crippen LogP contribution is 2.33. The van der Waals surface area contributed by atoms with Gasteiger partial charge in [-0.1, -0.05) is 6.07 Å². The van der Waals surface area contributed by atoms with Crippen molar-refractivity contribution in [3.63, 3.8) is 0 Å².